The lowest BCUT2D eigenvalue weighted by molar-refractivity contribution is 0.111. The minimum atomic E-state index is -0.291. The van der Waals surface area contributed by atoms with Gasteiger partial charge in [0.25, 0.3) is 0 Å². The lowest BCUT2D eigenvalue weighted by Gasteiger charge is -1.96. The molecule has 0 amide bonds. The van der Waals surface area contributed by atoms with E-state index < -0.39 is 0 Å². The topological polar surface area (TPSA) is 68.0 Å². The second-order valence-electron chi connectivity index (χ2n) is 2.93. The van der Waals surface area contributed by atoms with Gasteiger partial charge in [-0.05, 0) is 12.1 Å². The fourth-order valence-corrected chi connectivity index (χ4v) is 1.23. The van der Waals surface area contributed by atoms with Crippen LogP contribution in [0.4, 0.5) is 0 Å². The van der Waals surface area contributed by atoms with E-state index >= 15 is 0 Å². The number of aromatic nitrogens is 3. The van der Waals surface area contributed by atoms with Gasteiger partial charge >= 0.3 is 0 Å². The van der Waals surface area contributed by atoms with Gasteiger partial charge in [0.2, 0.25) is 0 Å². The van der Waals surface area contributed by atoms with Crippen LogP contribution in [-0.2, 0) is 6.61 Å². The van der Waals surface area contributed by atoms with Gasteiger partial charge in [0, 0.05) is 0 Å². The molecule has 5 nitrogen and oxygen atoms in total. The summed E-state index contributed by atoms with van der Waals surface area (Å²) in [6, 6.07) is 9.20. The van der Waals surface area contributed by atoms with Crippen LogP contribution in [0.1, 0.15) is 16.2 Å². The molecule has 0 saturated heterocycles. The Kier molecular flexibility index (Phi) is 2.55. The lowest BCUT2D eigenvalue weighted by atomic mass is 10.3. The molecule has 2 rings (SSSR count). The summed E-state index contributed by atoms with van der Waals surface area (Å²) in [5, 5.41) is 16.9. The molecule has 0 aliphatic rings. The van der Waals surface area contributed by atoms with E-state index in [4.69, 9.17) is 5.11 Å². The summed E-state index contributed by atoms with van der Waals surface area (Å²) >= 11 is 0. The van der Waals surface area contributed by atoms with Crippen LogP contribution in [0.15, 0.2) is 30.3 Å². The van der Waals surface area contributed by atoms with Crippen molar-refractivity contribution in [1.82, 2.24) is 15.0 Å². The van der Waals surface area contributed by atoms with Crippen molar-refractivity contribution in [3.8, 4) is 5.69 Å². The molecule has 0 spiro atoms. The normalized spacial score (nSPS) is 10.2. The number of aliphatic hydroxyl groups is 1. The van der Waals surface area contributed by atoms with Crippen LogP contribution in [0.25, 0.3) is 5.69 Å². The minimum Gasteiger partial charge on any atom is -0.390 e. The second-order valence-corrected chi connectivity index (χ2v) is 2.93. The first-order valence-electron chi connectivity index (χ1n) is 4.43. The number of para-hydroxylation sites is 1. The molecular weight excluding hydrogens is 194 g/mol. The third-order valence-corrected chi connectivity index (χ3v) is 1.96. The lowest BCUT2D eigenvalue weighted by Crippen LogP contribution is -1.98. The Labute approximate surface area is 86.0 Å². The zero-order chi connectivity index (χ0) is 10.7. The Bertz CT molecular complexity index is 465. The highest BCUT2D eigenvalue weighted by Crippen LogP contribution is 2.07. The number of benzene rings is 1. The van der Waals surface area contributed by atoms with Gasteiger partial charge < -0.3 is 5.11 Å². The van der Waals surface area contributed by atoms with Gasteiger partial charge in [-0.25, -0.2) is 0 Å². The molecule has 0 atom stereocenters. The zero-order valence-corrected chi connectivity index (χ0v) is 7.87. The molecule has 0 aliphatic carbocycles. The van der Waals surface area contributed by atoms with Crippen LogP contribution in [-0.4, -0.2) is 26.4 Å². The third kappa shape index (κ3) is 1.77. The van der Waals surface area contributed by atoms with E-state index in [1.807, 2.05) is 30.3 Å². The van der Waals surface area contributed by atoms with Crippen LogP contribution < -0.4 is 0 Å². The number of aldehydes is 1. The zero-order valence-electron chi connectivity index (χ0n) is 7.87. The number of nitrogens with zero attached hydrogens (tertiary/aromatic N) is 3. The Morgan fingerprint density at radius 3 is 2.53 bits per heavy atom. The van der Waals surface area contributed by atoms with E-state index in [0.717, 1.165) is 5.69 Å². The molecule has 0 aliphatic heterocycles. The predicted molar refractivity (Wildman–Crippen MR) is 52.7 cm³/mol. The molecule has 1 aromatic heterocycles. The maximum Gasteiger partial charge on any atom is 0.172 e. The summed E-state index contributed by atoms with van der Waals surface area (Å²) in [4.78, 5) is 11.9. The third-order valence-electron chi connectivity index (χ3n) is 1.96. The van der Waals surface area contributed by atoms with E-state index in [1.165, 1.54) is 4.80 Å². The highest BCUT2D eigenvalue weighted by Gasteiger charge is 2.09. The van der Waals surface area contributed by atoms with Crippen molar-refractivity contribution in [1.29, 1.82) is 0 Å². The van der Waals surface area contributed by atoms with Crippen LogP contribution in [0.3, 0.4) is 0 Å². The van der Waals surface area contributed by atoms with Crippen LogP contribution in [0, 0.1) is 0 Å². The van der Waals surface area contributed by atoms with Crippen molar-refractivity contribution in [3.05, 3.63) is 41.7 Å². The Hall–Kier alpha value is -2.01. The SMILES string of the molecule is O=Cc1nn(-c2ccccc2)nc1CO. The fraction of sp³-hybridized carbons (Fsp3) is 0.100. The number of carbonyl (C=O) groups excluding carboxylic acids is 1. The summed E-state index contributed by atoms with van der Waals surface area (Å²) in [6.45, 7) is -0.291. The summed E-state index contributed by atoms with van der Waals surface area (Å²) in [5.74, 6) is 0. The molecule has 5 heteroatoms. The first-order valence-corrected chi connectivity index (χ1v) is 4.43. The highest BCUT2D eigenvalue weighted by atomic mass is 16.3. The summed E-state index contributed by atoms with van der Waals surface area (Å²) in [6.07, 6.45) is 0.581. The molecule has 15 heavy (non-hydrogen) atoms. The fourth-order valence-electron chi connectivity index (χ4n) is 1.23. The molecule has 1 aromatic carbocycles. The van der Waals surface area contributed by atoms with Gasteiger partial charge in [0.15, 0.2) is 12.0 Å². The van der Waals surface area contributed by atoms with E-state index in [-0.39, 0.29) is 18.0 Å². The van der Waals surface area contributed by atoms with E-state index in [9.17, 15) is 4.79 Å². The van der Waals surface area contributed by atoms with Gasteiger partial charge in [-0.3, -0.25) is 4.79 Å². The van der Waals surface area contributed by atoms with Crippen molar-refractivity contribution >= 4 is 6.29 Å². The number of aliphatic hydroxyl groups excluding tert-OH is 1. The van der Waals surface area contributed by atoms with Crippen LogP contribution in [0.5, 0.6) is 0 Å². The molecule has 0 saturated carbocycles. The number of rotatable bonds is 3. The van der Waals surface area contributed by atoms with Crippen molar-refractivity contribution < 1.29 is 9.90 Å². The first kappa shape index (κ1) is 9.54. The Balaban J connectivity index is 2.46. The van der Waals surface area contributed by atoms with Crippen molar-refractivity contribution in [2.24, 2.45) is 0 Å². The summed E-state index contributed by atoms with van der Waals surface area (Å²) in [7, 11) is 0. The largest absolute Gasteiger partial charge is 0.390 e. The van der Waals surface area contributed by atoms with Gasteiger partial charge in [0.1, 0.15) is 5.69 Å². The molecule has 1 heterocycles. The van der Waals surface area contributed by atoms with Gasteiger partial charge in [-0.2, -0.15) is 9.90 Å². The number of hydrogen-bond acceptors (Lipinski definition) is 4. The van der Waals surface area contributed by atoms with Gasteiger partial charge in [-0.1, -0.05) is 18.2 Å². The van der Waals surface area contributed by atoms with Crippen molar-refractivity contribution in [2.45, 2.75) is 6.61 Å². The minimum absolute atomic E-state index is 0.168. The summed E-state index contributed by atoms with van der Waals surface area (Å²) < 4.78 is 0. The smallest absolute Gasteiger partial charge is 0.172 e. The summed E-state index contributed by atoms with van der Waals surface area (Å²) in [5.41, 5.74) is 1.20. The predicted octanol–water partition coefficient (Wildman–Crippen LogP) is 0.572. The quantitative estimate of drug-likeness (QED) is 0.740. The van der Waals surface area contributed by atoms with E-state index in [2.05, 4.69) is 10.2 Å². The monoisotopic (exact) mass is 203 g/mol. The number of carbonyl (C=O) groups is 1. The maximum atomic E-state index is 10.6. The molecule has 0 radical (unpaired) electrons. The number of hydrogen-bond donors (Lipinski definition) is 1. The van der Waals surface area contributed by atoms with Gasteiger partial charge in [-0.15, -0.1) is 5.10 Å². The van der Waals surface area contributed by atoms with Crippen molar-refractivity contribution in [3.63, 3.8) is 0 Å². The Morgan fingerprint density at radius 2 is 2.00 bits per heavy atom. The maximum absolute atomic E-state index is 10.6. The average Bonchev–Trinajstić information content (AvgIpc) is 2.73. The van der Waals surface area contributed by atoms with Crippen molar-refractivity contribution in [2.75, 3.05) is 0 Å². The molecule has 1 N–H and O–H groups in total. The second kappa shape index (κ2) is 4.02. The molecule has 76 valence electrons. The van der Waals surface area contributed by atoms with Gasteiger partial charge in [0.05, 0.1) is 12.3 Å². The molecule has 0 fully saturated rings. The molecule has 0 unspecified atom stereocenters. The molecular formula is C10H9N3O2. The standard InChI is InChI=1S/C10H9N3O2/c14-6-9-10(7-15)12-13(11-9)8-4-2-1-3-5-8/h1-6,15H,7H2. The molecule has 0 bridgehead atoms. The van der Waals surface area contributed by atoms with E-state index in [0.29, 0.717) is 6.29 Å². The molecule has 2 aromatic rings. The van der Waals surface area contributed by atoms with Crippen LogP contribution >= 0.6 is 0 Å². The average molecular weight is 203 g/mol. The first-order chi connectivity index (χ1) is 7.35. The van der Waals surface area contributed by atoms with Crippen LogP contribution in [0.2, 0.25) is 0 Å². The highest BCUT2D eigenvalue weighted by molar-refractivity contribution is 5.73. The Morgan fingerprint density at radius 1 is 1.27 bits per heavy atom. The van der Waals surface area contributed by atoms with E-state index in [1.54, 1.807) is 0 Å².